The van der Waals surface area contributed by atoms with Crippen molar-refractivity contribution in [1.82, 2.24) is 20.0 Å². The summed E-state index contributed by atoms with van der Waals surface area (Å²) >= 11 is 0. The Balaban J connectivity index is 1.29. The van der Waals surface area contributed by atoms with Crippen LogP contribution in [0, 0.1) is 0 Å². The Hall–Kier alpha value is -3.68. The zero-order chi connectivity index (χ0) is 19.1. The van der Waals surface area contributed by atoms with Crippen LogP contribution in [0.4, 0.5) is 0 Å². The summed E-state index contributed by atoms with van der Waals surface area (Å²) in [6, 6.07) is 12.8. The Labute approximate surface area is 159 Å². The van der Waals surface area contributed by atoms with Crippen LogP contribution in [0.2, 0.25) is 0 Å². The van der Waals surface area contributed by atoms with Gasteiger partial charge < -0.3 is 18.6 Å². The SMILES string of the molecule is COc1cccc2cc(C(=O)N3CC(c4nc(-c5ccccn5)no4)C3)oc12. The zero-order valence-electron chi connectivity index (χ0n) is 15.0. The van der Waals surface area contributed by atoms with E-state index in [1.807, 2.05) is 30.3 Å². The number of pyridine rings is 1. The van der Waals surface area contributed by atoms with Crippen molar-refractivity contribution in [2.75, 3.05) is 20.2 Å². The van der Waals surface area contributed by atoms with Crippen molar-refractivity contribution in [1.29, 1.82) is 0 Å². The Kier molecular flexibility index (Phi) is 3.82. The van der Waals surface area contributed by atoms with Crippen molar-refractivity contribution in [2.24, 2.45) is 0 Å². The van der Waals surface area contributed by atoms with Crippen LogP contribution in [0.3, 0.4) is 0 Å². The molecule has 4 aromatic rings. The number of hydrogen-bond donors (Lipinski definition) is 0. The fraction of sp³-hybridized carbons (Fsp3) is 0.200. The van der Waals surface area contributed by atoms with E-state index in [4.69, 9.17) is 13.7 Å². The molecule has 0 radical (unpaired) electrons. The molecule has 0 unspecified atom stereocenters. The number of amides is 1. The molecule has 3 aromatic heterocycles. The standard InChI is InChI=1S/C20H16N4O4/c1-26-15-7-4-5-12-9-16(27-17(12)15)20(25)24-10-13(11-24)19-22-18(23-28-19)14-6-2-3-8-21-14/h2-9,13H,10-11H2,1H3. The molecule has 0 bridgehead atoms. The van der Waals surface area contributed by atoms with Gasteiger partial charge in [0.15, 0.2) is 17.1 Å². The summed E-state index contributed by atoms with van der Waals surface area (Å²) in [7, 11) is 1.57. The molecule has 1 aliphatic rings. The van der Waals surface area contributed by atoms with E-state index in [0.29, 0.717) is 41.8 Å². The number of carbonyl (C=O) groups excluding carboxylic acids is 1. The molecule has 1 fully saturated rings. The van der Waals surface area contributed by atoms with E-state index in [1.54, 1.807) is 30.3 Å². The van der Waals surface area contributed by atoms with Crippen molar-refractivity contribution in [3.63, 3.8) is 0 Å². The number of aromatic nitrogens is 3. The topological polar surface area (TPSA) is 94.5 Å². The third-order valence-corrected chi connectivity index (χ3v) is 4.79. The summed E-state index contributed by atoms with van der Waals surface area (Å²) < 4.78 is 16.4. The minimum Gasteiger partial charge on any atom is -0.493 e. The van der Waals surface area contributed by atoms with E-state index in [-0.39, 0.29) is 17.6 Å². The third kappa shape index (κ3) is 2.70. The molecule has 4 heterocycles. The van der Waals surface area contributed by atoms with E-state index in [2.05, 4.69) is 15.1 Å². The molecule has 1 saturated heterocycles. The smallest absolute Gasteiger partial charge is 0.289 e. The van der Waals surface area contributed by atoms with Crippen molar-refractivity contribution in [3.8, 4) is 17.3 Å². The van der Waals surface area contributed by atoms with Gasteiger partial charge in [-0.05, 0) is 24.3 Å². The Bertz CT molecular complexity index is 1150. The van der Waals surface area contributed by atoms with Crippen molar-refractivity contribution < 1.29 is 18.5 Å². The lowest BCUT2D eigenvalue weighted by atomic mass is 10.00. The molecule has 0 atom stereocenters. The fourth-order valence-electron chi connectivity index (χ4n) is 3.26. The lowest BCUT2D eigenvalue weighted by Crippen LogP contribution is -2.48. The van der Waals surface area contributed by atoms with Gasteiger partial charge in [-0.25, -0.2) is 0 Å². The number of likely N-dealkylation sites (tertiary alicyclic amines) is 1. The number of furan rings is 1. The van der Waals surface area contributed by atoms with E-state index in [1.165, 1.54) is 0 Å². The molecule has 140 valence electrons. The number of fused-ring (bicyclic) bond motifs is 1. The summed E-state index contributed by atoms with van der Waals surface area (Å²) in [4.78, 5) is 23.0. The number of para-hydroxylation sites is 1. The minimum atomic E-state index is -0.168. The van der Waals surface area contributed by atoms with Gasteiger partial charge >= 0.3 is 0 Å². The first-order chi connectivity index (χ1) is 13.7. The highest BCUT2D eigenvalue weighted by molar-refractivity contribution is 5.97. The highest BCUT2D eigenvalue weighted by Gasteiger charge is 2.37. The van der Waals surface area contributed by atoms with Crippen LogP contribution in [0.25, 0.3) is 22.5 Å². The monoisotopic (exact) mass is 376 g/mol. The number of methoxy groups -OCH3 is 1. The van der Waals surface area contributed by atoms with Gasteiger partial charge in [0, 0.05) is 24.7 Å². The highest BCUT2D eigenvalue weighted by Crippen LogP contribution is 2.32. The summed E-state index contributed by atoms with van der Waals surface area (Å²) in [5.41, 5.74) is 1.23. The number of carbonyl (C=O) groups is 1. The van der Waals surface area contributed by atoms with Crippen LogP contribution in [-0.2, 0) is 0 Å². The highest BCUT2D eigenvalue weighted by atomic mass is 16.5. The number of nitrogens with zero attached hydrogens (tertiary/aromatic N) is 4. The normalized spacial score (nSPS) is 14.2. The number of ether oxygens (including phenoxy) is 1. The van der Waals surface area contributed by atoms with Gasteiger partial charge in [0.1, 0.15) is 5.69 Å². The molecule has 1 aromatic carbocycles. The molecule has 8 heteroatoms. The molecule has 0 spiro atoms. The van der Waals surface area contributed by atoms with Gasteiger partial charge in [-0.15, -0.1) is 0 Å². The average Bonchev–Trinajstić information content (AvgIpc) is 3.34. The number of hydrogen-bond acceptors (Lipinski definition) is 7. The van der Waals surface area contributed by atoms with E-state index < -0.39 is 0 Å². The third-order valence-electron chi connectivity index (χ3n) is 4.79. The number of benzene rings is 1. The van der Waals surface area contributed by atoms with Gasteiger partial charge in [0.05, 0.1) is 13.0 Å². The van der Waals surface area contributed by atoms with Crippen LogP contribution < -0.4 is 4.74 Å². The molecular formula is C20H16N4O4. The molecule has 0 N–H and O–H groups in total. The summed E-state index contributed by atoms with van der Waals surface area (Å²) in [6.45, 7) is 0.994. The number of rotatable bonds is 4. The van der Waals surface area contributed by atoms with Crippen LogP contribution in [0.15, 0.2) is 57.6 Å². The largest absolute Gasteiger partial charge is 0.493 e. The van der Waals surface area contributed by atoms with Crippen molar-refractivity contribution in [3.05, 3.63) is 60.3 Å². The van der Waals surface area contributed by atoms with Crippen LogP contribution >= 0.6 is 0 Å². The van der Waals surface area contributed by atoms with Gasteiger partial charge in [-0.2, -0.15) is 4.98 Å². The second-order valence-electron chi connectivity index (χ2n) is 6.57. The Morgan fingerprint density at radius 1 is 1.21 bits per heavy atom. The molecule has 1 amide bonds. The first-order valence-electron chi connectivity index (χ1n) is 8.84. The van der Waals surface area contributed by atoms with Gasteiger partial charge in [-0.3, -0.25) is 9.78 Å². The van der Waals surface area contributed by atoms with E-state index in [0.717, 1.165) is 5.39 Å². The summed E-state index contributed by atoms with van der Waals surface area (Å²) in [5.74, 6) is 1.69. The molecule has 28 heavy (non-hydrogen) atoms. The van der Waals surface area contributed by atoms with Crippen molar-refractivity contribution >= 4 is 16.9 Å². The summed E-state index contributed by atoms with van der Waals surface area (Å²) in [6.07, 6.45) is 1.68. The Morgan fingerprint density at radius 3 is 2.89 bits per heavy atom. The quantitative estimate of drug-likeness (QED) is 0.540. The first-order valence-corrected chi connectivity index (χ1v) is 8.84. The van der Waals surface area contributed by atoms with Crippen LogP contribution in [0.5, 0.6) is 5.75 Å². The lowest BCUT2D eigenvalue weighted by Gasteiger charge is -2.36. The van der Waals surface area contributed by atoms with Gasteiger partial charge in [-0.1, -0.05) is 23.4 Å². The minimum absolute atomic E-state index is 0.00725. The Morgan fingerprint density at radius 2 is 2.11 bits per heavy atom. The summed E-state index contributed by atoms with van der Waals surface area (Å²) in [5, 5.41) is 4.81. The van der Waals surface area contributed by atoms with Gasteiger partial charge in [0.25, 0.3) is 5.91 Å². The maximum absolute atomic E-state index is 12.7. The van der Waals surface area contributed by atoms with E-state index >= 15 is 0 Å². The maximum atomic E-state index is 12.7. The van der Waals surface area contributed by atoms with Gasteiger partial charge in [0.2, 0.25) is 11.7 Å². The maximum Gasteiger partial charge on any atom is 0.289 e. The second-order valence-corrected chi connectivity index (χ2v) is 6.57. The average molecular weight is 376 g/mol. The first kappa shape index (κ1) is 16.5. The molecule has 5 rings (SSSR count). The lowest BCUT2D eigenvalue weighted by molar-refractivity contribution is 0.0539. The van der Waals surface area contributed by atoms with Crippen LogP contribution in [0.1, 0.15) is 22.4 Å². The molecule has 0 aliphatic carbocycles. The molecule has 0 saturated carbocycles. The predicted octanol–water partition coefficient (Wildman–Crippen LogP) is 3.13. The second kappa shape index (κ2) is 6.49. The van der Waals surface area contributed by atoms with E-state index in [9.17, 15) is 4.79 Å². The zero-order valence-corrected chi connectivity index (χ0v) is 15.0. The molecule has 1 aliphatic heterocycles. The molecule has 8 nitrogen and oxygen atoms in total. The molecular weight excluding hydrogens is 360 g/mol. The predicted molar refractivity (Wildman–Crippen MR) is 98.9 cm³/mol. The van der Waals surface area contributed by atoms with Crippen molar-refractivity contribution in [2.45, 2.75) is 5.92 Å². The van der Waals surface area contributed by atoms with Crippen LogP contribution in [-0.4, -0.2) is 46.1 Å². The fourth-order valence-corrected chi connectivity index (χ4v) is 3.26.